The Morgan fingerprint density at radius 1 is 1.26 bits per heavy atom. The number of likely N-dealkylation sites (tertiary alicyclic amines) is 1. The topological polar surface area (TPSA) is 72.9 Å². The maximum atomic E-state index is 11.6. The molecule has 2 saturated heterocycles. The third kappa shape index (κ3) is 6.09. The molecular weight excluding hydrogens is 360 g/mol. The number of nitrogens with zero attached hydrogens (tertiary/aromatic N) is 4. The van der Waals surface area contributed by atoms with Crippen LogP contribution in [-0.2, 0) is 11.2 Å². The molecule has 1 amide bonds. The van der Waals surface area contributed by atoms with E-state index in [-0.39, 0.29) is 0 Å². The van der Waals surface area contributed by atoms with Crippen molar-refractivity contribution in [2.24, 2.45) is 4.99 Å². The Bertz CT molecular complexity index is 625. The second-order valence-corrected chi connectivity index (χ2v) is 7.93. The summed E-state index contributed by atoms with van der Waals surface area (Å²) in [5.41, 5.74) is 1.15. The number of thiazole rings is 1. The minimum atomic E-state index is 0.292. The minimum Gasteiger partial charge on any atom is -0.357 e. The molecule has 0 unspecified atom stereocenters. The maximum Gasteiger partial charge on any atom is 0.222 e. The van der Waals surface area contributed by atoms with Gasteiger partial charge in [0.05, 0.1) is 5.69 Å². The lowest BCUT2D eigenvalue weighted by Gasteiger charge is -2.15. The van der Waals surface area contributed by atoms with E-state index in [1.807, 2.05) is 4.90 Å². The van der Waals surface area contributed by atoms with Crippen LogP contribution in [0.5, 0.6) is 0 Å². The molecule has 3 heterocycles. The number of carbonyl (C=O) groups excluding carboxylic acids is 1. The van der Waals surface area contributed by atoms with E-state index in [4.69, 9.17) is 4.98 Å². The number of nitrogens with one attached hydrogen (secondary N) is 2. The number of hydrogen-bond acceptors (Lipinski definition) is 5. The first kappa shape index (κ1) is 19.9. The first-order valence-corrected chi connectivity index (χ1v) is 11.1. The lowest BCUT2D eigenvalue weighted by Crippen LogP contribution is -2.38. The van der Waals surface area contributed by atoms with Crippen molar-refractivity contribution in [3.63, 3.8) is 0 Å². The summed E-state index contributed by atoms with van der Waals surface area (Å²) in [6, 6.07) is 0. The third-order valence-electron chi connectivity index (χ3n) is 4.96. The molecule has 0 atom stereocenters. The van der Waals surface area contributed by atoms with Crippen LogP contribution in [0.3, 0.4) is 0 Å². The van der Waals surface area contributed by atoms with Gasteiger partial charge in [0, 0.05) is 64.0 Å². The summed E-state index contributed by atoms with van der Waals surface area (Å²) in [6.45, 7) is 8.48. The number of guanidine groups is 1. The molecule has 1 aromatic rings. The fourth-order valence-corrected chi connectivity index (χ4v) is 4.42. The first-order chi connectivity index (χ1) is 13.3. The highest BCUT2D eigenvalue weighted by Crippen LogP contribution is 2.24. The highest BCUT2D eigenvalue weighted by molar-refractivity contribution is 7.13. The lowest BCUT2D eigenvalue weighted by molar-refractivity contribution is -0.127. The molecule has 3 rings (SSSR count). The van der Waals surface area contributed by atoms with E-state index in [1.54, 1.807) is 11.3 Å². The van der Waals surface area contributed by atoms with Gasteiger partial charge < -0.3 is 20.4 Å². The standard InChI is InChI=1S/C19H32N6OS/c1-2-20-18(21-9-6-14-24-13-5-7-17(24)26)22-10-8-16-15-27-19(23-16)25-11-3-4-12-25/h15H,2-14H2,1H3,(H2,20,21,22). The average Bonchev–Trinajstić information content (AvgIpc) is 3.41. The van der Waals surface area contributed by atoms with Gasteiger partial charge >= 0.3 is 0 Å². The van der Waals surface area contributed by atoms with Crippen molar-refractivity contribution in [2.75, 3.05) is 50.7 Å². The van der Waals surface area contributed by atoms with E-state index in [2.05, 4.69) is 32.8 Å². The van der Waals surface area contributed by atoms with Gasteiger partial charge in [0.25, 0.3) is 0 Å². The number of hydrogen-bond donors (Lipinski definition) is 2. The van der Waals surface area contributed by atoms with E-state index >= 15 is 0 Å². The molecule has 2 aliphatic heterocycles. The van der Waals surface area contributed by atoms with Crippen LogP contribution >= 0.6 is 11.3 Å². The number of anilines is 1. The summed E-state index contributed by atoms with van der Waals surface area (Å²) in [5, 5.41) is 10.0. The number of amides is 1. The monoisotopic (exact) mass is 392 g/mol. The Hall–Kier alpha value is -1.83. The van der Waals surface area contributed by atoms with E-state index in [1.165, 1.54) is 18.0 Å². The van der Waals surface area contributed by atoms with E-state index in [0.717, 1.165) is 76.7 Å². The molecule has 7 nitrogen and oxygen atoms in total. The Kier molecular flexibility index (Phi) is 7.74. The van der Waals surface area contributed by atoms with Gasteiger partial charge in [0.15, 0.2) is 11.1 Å². The van der Waals surface area contributed by atoms with Crippen LogP contribution < -0.4 is 15.5 Å². The predicted octanol–water partition coefficient (Wildman–Crippen LogP) is 1.85. The van der Waals surface area contributed by atoms with E-state index in [9.17, 15) is 4.79 Å². The van der Waals surface area contributed by atoms with Crippen LogP contribution in [0.4, 0.5) is 5.13 Å². The van der Waals surface area contributed by atoms with Crippen LogP contribution in [0.1, 0.15) is 44.7 Å². The van der Waals surface area contributed by atoms with E-state index < -0.39 is 0 Å². The molecule has 0 aromatic carbocycles. The van der Waals surface area contributed by atoms with Crippen molar-refractivity contribution in [2.45, 2.75) is 45.4 Å². The van der Waals surface area contributed by atoms with Crippen LogP contribution in [0.25, 0.3) is 0 Å². The Morgan fingerprint density at radius 3 is 2.85 bits per heavy atom. The molecule has 8 heteroatoms. The van der Waals surface area contributed by atoms with Gasteiger partial charge in [0.2, 0.25) is 5.91 Å². The summed E-state index contributed by atoms with van der Waals surface area (Å²) in [7, 11) is 0. The SMILES string of the molecule is CCNC(=NCCCN1CCCC1=O)NCCc1csc(N2CCCC2)n1. The highest BCUT2D eigenvalue weighted by Gasteiger charge is 2.19. The number of rotatable bonds is 9. The quantitative estimate of drug-likeness (QED) is 0.381. The zero-order valence-electron chi connectivity index (χ0n) is 16.4. The fraction of sp³-hybridized carbons (Fsp3) is 0.737. The smallest absolute Gasteiger partial charge is 0.222 e. The van der Waals surface area contributed by atoms with Crippen molar-refractivity contribution in [3.8, 4) is 0 Å². The van der Waals surface area contributed by atoms with Crippen molar-refractivity contribution in [1.82, 2.24) is 20.5 Å². The summed E-state index contributed by atoms with van der Waals surface area (Å²) in [5.74, 6) is 1.14. The zero-order chi connectivity index (χ0) is 18.9. The van der Waals surface area contributed by atoms with Crippen molar-refractivity contribution >= 4 is 28.3 Å². The van der Waals surface area contributed by atoms with E-state index in [0.29, 0.717) is 12.3 Å². The summed E-state index contributed by atoms with van der Waals surface area (Å²) in [4.78, 5) is 25.4. The number of aliphatic imine (C=N–C) groups is 1. The molecule has 150 valence electrons. The average molecular weight is 393 g/mol. The Balaban J connectivity index is 1.37. The molecule has 2 fully saturated rings. The zero-order valence-corrected chi connectivity index (χ0v) is 17.2. The Labute approximate surface area is 166 Å². The molecule has 0 bridgehead atoms. The van der Waals surface area contributed by atoms with Crippen LogP contribution in [0, 0.1) is 0 Å². The molecule has 0 saturated carbocycles. The molecule has 0 aliphatic carbocycles. The molecular formula is C19H32N6OS. The normalized spacial score (nSPS) is 17.8. The van der Waals surface area contributed by atoms with Gasteiger partial charge in [-0.15, -0.1) is 11.3 Å². The van der Waals surface area contributed by atoms with Gasteiger partial charge in [-0.1, -0.05) is 0 Å². The van der Waals surface area contributed by atoms with Crippen molar-refractivity contribution in [1.29, 1.82) is 0 Å². The van der Waals surface area contributed by atoms with Crippen LogP contribution in [0.2, 0.25) is 0 Å². The van der Waals surface area contributed by atoms with Gasteiger partial charge in [-0.05, 0) is 32.6 Å². The molecule has 2 aliphatic rings. The highest BCUT2D eigenvalue weighted by atomic mass is 32.1. The number of aromatic nitrogens is 1. The maximum absolute atomic E-state index is 11.6. The largest absolute Gasteiger partial charge is 0.357 e. The fourth-order valence-electron chi connectivity index (χ4n) is 3.51. The molecule has 0 radical (unpaired) electrons. The van der Waals surface area contributed by atoms with Crippen molar-refractivity contribution in [3.05, 3.63) is 11.1 Å². The summed E-state index contributed by atoms with van der Waals surface area (Å²) < 4.78 is 0. The summed E-state index contributed by atoms with van der Waals surface area (Å²) in [6.07, 6.45) is 6.09. The number of carbonyl (C=O) groups is 1. The molecule has 2 N–H and O–H groups in total. The summed E-state index contributed by atoms with van der Waals surface area (Å²) >= 11 is 1.75. The van der Waals surface area contributed by atoms with Crippen LogP contribution in [0.15, 0.2) is 10.4 Å². The second-order valence-electron chi connectivity index (χ2n) is 7.09. The van der Waals surface area contributed by atoms with Gasteiger partial charge in [-0.2, -0.15) is 0 Å². The second kappa shape index (κ2) is 10.5. The molecule has 1 aromatic heterocycles. The van der Waals surface area contributed by atoms with Gasteiger partial charge in [-0.3, -0.25) is 9.79 Å². The minimum absolute atomic E-state index is 0.292. The van der Waals surface area contributed by atoms with Crippen molar-refractivity contribution < 1.29 is 4.79 Å². The lowest BCUT2D eigenvalue weighted by atomic mass is 10.3. The first-order valence-electron chi connectivity index (χ1n) is 10.3. The predicted molar refractivity (Wildman–Crippen MR) is 112 cm³/mol. The molecule has 27 heavy (non-hydrogen) atoms. The van der Waals surface area contributed by atoms with Gasteiger partial charge in [0.1, 0.15) is 0 Å². The van der Waals surface area contributed by atoms with Crippen LogP contribution in [-0.4, -0.2) is 67.6 Å². The van der Waals surface area contributed by atoms with Gasteiger partial charge in [-0.25, -0.2) is 4.98 Å². The third-order valence-corrected chi connectivity index (χ3v) is 5.91. The molecule has 0 spiro atoms. The Morgan fingerprint density at radius 2 is 2.11 bits per heavy atom.